The maximum Gasteiger partial charge on any atom is 0.255 e. The third kappa shape index (κ3) is 5.23. The Bertz CT molecular complexity index is 846. The predicted molar refractivity (Wildman–Crippen MR) is 106 cm³/mol. The molecule has 0 bridgehead atoms. The first-order chi connectivity index (χ1) is 13.5. The zero-order valence-corrected chi connectivity index (χ0v) is 16.0. The molecule has 2 aromatic carbocycles. The molecule has 1 atom stereocenters. The lowest BCUT2D eigenvalue weighted by atomic mass is 10.2. The van der Waals surface area contributed by atoms with Crippen LogP contribution >= 0.6 is 0 Å². The minimum atomic E-state index is -0.305. The molecule has 1 unspecified atom stereocenters. The number of carbonyl (C=O) groups is 2. The van der Waals surface area contributed by atoms with E-state index in [0.29, 0.717) is 35.0 Å². The fourth-order valence-electron chi connectivity index (χ4n) is 2.97. The van der Waals surface area contributed by atoms with Gasteiger partial charge in [0.15, 0.2) is 0 Å². The van der Waals surface area contributed by atoms with Gasteiger partial charge in [-0.25, -0.2) is 0 Å². The van der Waals surface area contributed by atoms with Crippen LogP contribution in [0, 0.1) is 0 Å². The molecule has 2 aromatic rings. The van der Waals surface area contributed by atoms with E-state index in [0.717, 1.165) is 19.4 Å². The molecule has 1 heterocycles. The van der Waals surface area contributed by atoms with Crippen LogP contribution in [0.4, 0.5) is 11.4 Å². The molecular formula is C21H24N2O5. The third-order valence-electron chi connectivity index (χ3n) is 4.32. The summed E-state index contributed by atoms with van der Waals surface area (Å²) in [6.07, 6.45) is 2.15. The van der Waals surface area contributed by atoms with E-state index in [2.05, 4.69) is 10.6 Å². The zero-order valence-electron chi connectivity index (χ0n) is 16.0. The first-order valence-corrected chi connectivity index (χ1v) is 9.16. The highest BCUT2D eigenvalue weighted by Gasteiger charge is 2.17. The van der Waals surface area contributed by atoms with Gasteiger partial charge in [0.2, 0.25) is 5.91 Å². The molecule has 28 heavy (non-hydrogen) atoms. The Hall–Kier alpha value is -3.06. The Labute approximate surface area is 164 Å². The maximum absolute atomic E-state index is 12.7. The molecule has 3 rings (SSSR count). The molecule has 1 aliphatic heterocycles. The van der Waals surface area contributed by atoms with Gasteiger partial charge >= 0.3 is 0 Å². The van der Waals surface area contributed by atoms with Gasteiger partial charge in [-0.15, -0.1) is 0 Å². The number of methoxy groups -OCH3 is 1. The second-order valence-electron chi connectivity index (χ2n) is 6.52. The standard InChI is InChI=1S/C21H24N2O5/c1-14(24)22-16-8-9-20(26-2)19(12-16)23-21(25)15-5-3-6-17(11-15)28-13-18-7-4-10-27-18/h3,5-6,8-9,11-12,18H,4,7,10,13H2,1-2H3,(H,22,24)(H,23,25). The largest absolute Gasteiger partial charge is 0.495 e. The van der Waals surface area contributed by atoms with E-state index < -0.39 is 0 Å². The van der Waals surface area contributed by atoms with E-state index in [1.54, 1.807) is 36.4 Å². The van der Waals surface area contributed by atoms with Crippen LogP contribution in [0.5, 0.6) is 11.5 Å². The first kappa shape index (κ1) is 19.7. The average Bonchev–Trinajstić information content (AvgIpc) is 3.20. The van der Waals surface area contributed by atoms with Crippen molar-refractivity contribution in [3.63, 3.8) is 0 Å². The summed E-state index contributed by atoms with van der Waals surface area (Å²) in [7, 11) is 1.52. The fraction of sp³-hybridized carbons (Fsp3) is 0.333. The number of rotatable bonds is 7. The number of carbonyl (C=O) groups excluding carboxylic acids is 2. The molecule has 2 N–H and O–H groups in total. The summed E-state index contributed by atoms with van der Waals surface area (Å²) in [4.78, 5) is 24.0. The quantitative estimate of drug-likeness (QED) is 0.763. The summed E-state index contributed by atoms with van der Waals surface area (Å²) in [6.45, 7) is 2.66. The Balaban J connectivity index is 1.70. The van der Waals surface area contributed by atoms with E-state index in [4.69, 9.17) is 14.2 Å². The summed E-state index contributed by atoms with van der Waals surface area (Å²) in [5.74, 6) is 0.606. The van der Waals surface area contributed by atoms with Crippen molar-refractivity contribution in [2.45, 2.75) is 25.9 Å². The minimum Gasteiger partial charge on any atom is -0.495 e. The second-order valence-corrected chi connectivity index (χ2v) is 6.52. The molecule has 0 aromatic heterocycles. The van der Waals surface area contributed by atoms with Gasteiger partial charge in [-0.05, 0) is 49.2 Å². The fourth-order valence-corrected chi connectivity index (χ4v) is 2.97. The minimum absolute atomic E-state index is 0.109. The summed E-state index contributed by atoms with van der Waals surface area (Å²) >= 11 is 0. The van der Waals surface area contributed by atoms with Crippen molar-refractivity contribution in [3.8, 4) is 11.5 Å². The van der Waals surface area contributed by atoms with E-state index in [-0.39, 0.29) is 17.9 Å². The summed E-state index contributed by atoms with van der Waals surface area (Å²) in [5, 5.41) is 5.50. The van der Waals surface area contributed by atoms with Crippen molar-refractivity contribution in [2.24, 2.45) is 0 Å². The Kier molecular flexibility index (Phi) is 6.49. The van der Waals surface area contributed by atoms with Crippen molar-refractivity contribution in [1.82, 2.24) is 0 Å². The molecule has 1 saturated heterocycles. The lowest BCUT2D eigenvalue weighted by molar-refractivity contribution is -0.114. The topological polar surface area (TPSA) is 85.9 Å². The Morgan fingerprint density at radius 2 is 2.04 bits per heavy atom. The molecule has 0 aliphatic carbocycles. The van der Waals surface area contributed by atoms with Crippen molar-refractivity contribution in [2.75, 3.05) is 31.0 Å². The Morgan fingerprint density at radius 1 is 1.18 bits per heavy atom. The number of nitrogens with one attached hydrogen (secondary N) is 2. The van der Waals surface area contributed by atoms with Gasteiger partial charge in [0.05, 0.1) is 18.9 Å². The maximum atomic E-state index is 12.7. The molecule has 1 fully saturated rings. The molecule has 7 nitrogen and oxygen atoms in total. The van der Waals surface area contributed by atoms with E-state index >= 15 is 0 Å². The lowest BCUT2D eigenvalue weighted by Crippen LogP contribution is -2.17. The number of amides is 2. The van der Waals surface area contributed by atoms with Crippen molar-refractivity contribution in [1.29, 1.82) is 0 Å². The van der Waals surface area contributed by atoms with E-state index in [9.17, 15) is 9.59 Å². The molecular weight excluding hydrogens is 360 g/mol. The van der Waals surface area contributed by atoms with E-state index in [1.807, 2.05) is 6.07 Å². The predicted octanol–water partition coefficient (Wildman–Crippen LogP) is 3.46. The van der Waals surface area contributed by atoms with Crippen LogP contribution in [0.15, 0.2) is 42.5 Å². The summed E-state index contributed by atoms with van der Waals surface area (Å²) < 4.78 is 16.6. The van der Waals surface area contributed by atoms with Gasteiger partial charge in [-0.3, -0.25) is 9.59 Å². The third-order valence-corrected chi connectivity index (χ3v) is 4.32. The highest BCUT2D eigenvalue weighted by atomic mass is 16.5. The van der Waals surface area contributed by atoms with Gasteiger partial charge in [0.1, 0.15) is 18.1 Å². The van der Waals surface area contributed by atoms with Crippen LogP contribution in [0.1, 0.15) is 30.1 Å². The Morgan fingerprint density at radius 3 is 2.75 bits per heavy atom. The highest BCUT2D eigenvalue weighted by Crippen LogP contribution is 2.28. The first-order valence-electron chi connectivity index (χ1n) is 9.16. The normalized spacial score (nSPS) is 15.7. The van der Waals surface area contributed by atoms with Crippen LogP contribution in [0.25, 0.3) is 0 Å². The summed E-state index contributed by atoms with van der Waals surface area (Å²) in [6, 6.07) is 12.0. The van der Waals surface area contributed by atoms with Crippen molar-refractivity contribution < 1.29 is 23.8 Å². The van der Waals surface area contributed by atoms with Crippen molar-refractivity contribution >= 4 is 23.2 Å². The van der Waals surface area contributed by atoms with Crippen LogP contribution < -0.4 is 20.1 Å². The summed E-state index contributed by atoms with van der Waals surface area (Å²) in [5.41, 5.74) is 1.48. The smallest absolute Gasteiger partial charge is 0.255 e. The van der Waals surface area contributed by atoms with E-state index in [1.165, 1.54) is 14.0 Å². The SMILES string of the molecule is COc1ccc(NC(C)=O)cc1NC(=O)c1cccc(OCC2CCCO2)c1. The molecule has 0 spiro atoms. The highest BCUT2D eigenvalue weighted by molar-refractivity contribution is 6.05. The molecule has 2 amide bonds. The average molecular weight is 384 g/mol. The van der Waals surface area contributed by atoms with Crippen LogP contribution in [0.3, 0.4) is 0 Å². The molecule has 7 heteroatoms. The van der Waals surface area contributed by atoms with Gasteiger partial charge in [0.25, 0.3) is 5.91 Å². The van der Waals surface area contributed by atoms with Gasteiger partial charge < -0.3 is 24.8 Å². The number of ether oxygens (including phenoxy) is 3. The monoisotopic (exact) mass is 384 g/mol. The molecule has 0 radical (unpaired) electrons. The van der Waals surface area contributed by atoms with Crippen LogP contribution in [-0.4, -0.2) is 38.2 Å². The van der Waals surface area contributed by atoms with Gasteiger partial charge in [-0.2, -0.15) is 0 Å². The number of benzene rings is 2. The number of anilines is 2. The number of hydrogen-bond donors (Lipinski definition) is 2. The van der Waals surface area contributed by atoms with Crippen molar-refractivity contribution in [3.05, 3.63) is 48.0 Å². The van der Waals surface area contributed by atoms with Gasteiger partial charge in [0, 0.05) is 24.8 Å². The molecule has 148 valence electrons. The molecule has 0 saturated carbocycles. The second kappa shape index (κ2) is 9.23. The molecule has 1 aliphatic rings. The number of hydrogen-bond acceptors (Lipinski definition) is 5. The van der Waals surface area contributed by atoms with Crippen LogP contribution in [-0.2, 0) is 9.53 Å². The lowest BCUT2D eigenvalue weighted by Gasteiger charge is -2.14. The van der Waals surface area contributed by atoms with Gasteiger partial charge in [-0.1, -0.05) is 6.07 Å². The zero-order chi connectivity index (χ0) is 19.9. The van der Waals surface area contributed by atoms with Crippen LogP contribution in [0.2, 0.25) is 0 Å².